The number of esters is 1. The first-order valence-electron chi connectivity index (χ1n) is 12.1. The van der Waals surface area contributed by atoms with E-state index in [-0.39, 0.29) is 11.6 Å². The van der Waals surface area contributed by atoms with E-state index in [4.69, 9.17) is 21.7 Å². The summed E-state index contributed by atoms with van der Waals surface area (Å²) in [6.07, 6.45) is 10.3. The van der Waals surface area contributed by atoms with E-state index in [1.807, 2.05) is 44.2 Å². The van der Waals surface area contributed by atoms with Gasteiger partial charge in [-0.15, -0.1) is 0 Å². The first-order chi connectivity index (χ1) is 15.7. The number of rotatable bonds is 7. The number of nitrogens with zero attached hydrogens (tertiary/aromatic N) is 1. The Bertz CT molecular complexity index is 852. The summed E-state index contributed by atoms with van der Waals surface area (Å²) in [5, 5.41) is 0. The smallest absolute Gasteiger partial charge is 0.306 e. The van der Waals surface area contributed by atoms with Gasteiger partial charge in [0.05, 0.1) is 17.9 Å². The summed E-state index contributed by atoms with van der Waals surface area (Å²) in [7, 11) is 0. The first-order valence-corrected chi connectivity index (χ1v) is 12.5. The molecule has 2 aromatic rings. The molecule has 2 atom stereocenters. The van der Waals surface area contributed by atoms with Crippen LogP contribution in [0.1, 0.15) is 84.4 Å². The average Bonchev–Trinajstić information content (AvgIpc) is 3.08. The van der Waals surface area contributed by atoms with Gasteiger partial charge in [-0.25, -0.2) is 0 Å². The van der Waals surface area contributed by atoms with Gasteiger partial charge in [0.2, 0.25) is 0 Å². The van der Waals surface area contributed by atoms with E-state index in [1.165, 1.54) is 25.7 Å². The fraction of sp³-hybridized carbons (Fsp3) is 0.593. The van der Waals surface area contributed by atoms with Crippen molar-refractivity contribution in [2.45, 2.75) is 98.4 Å². The molecule has 1 saturated heterocycles. The molecule has 1 aromatic carbocycles. The molecule has 1 N–H and O–H groups in total. The fourth-order valence-electron chi connectivity index (χ4n) is 3.88. The van der Waals surface area contributed by atoms with Crippen LogP contribution < -0.4 is 0 Å². The lowest BCUT2D eigenvalue weighted by Gasteiger charge is -2.18. The second-order valence-electron chi connectivity index (χ2n) is 9.05. The second-order valence-corrected chi connectivity index (χ2v) is 9.49. The minimum Gasteiger partial charge on any atom is -0.461 e. The van der Waals surface area contributed by atoms with Crippen LogP contribution in [0.5, 0.6) is 0 Å². The van der Waals surface area contributed by atoms with Gasteiger partial charge in [-0.2, -0.15) is 0 Å². The van der Waals surface area contributed by atoms with E-state index >= 15 is 0 Å². The van der Waals surface area contributed by atoms with E-state index in [2.05, 4.69) is 37.7 Å². The molecule has 2 unspecified atom stereocenters. The summed E-state index contributed by atoms with van der Waals surface area (Å²) in [6, 6.07) is 9.70. The summed E-state index contributed by atoms with van der Waals surface area (Å²) in [5.41, 5.74) is 2.17. The van der Waals surface area contributed by atoms with Crippen molar-refractivity contribution in [3.8, 4) is 0 Å². The van der Waals surface area contributed by atoms with E-state index in [9.17, 15) is 4.79 Å². The molecule has 33 heavy (non-hydrogen) atoms. The molecule has 184 valence electrons. The first kappa shape index (κ1) is 29.0. The lowest BCUT2D eigenvalue weighted by Crippen LogP contribution is -2.19. The van der Waals surface area contributed by atoms with Crippen LogP contribution in [0.15, 0.2) is 42.7 Å². The predicted molar refractivity (Wildman–Crippen MR) is 138 cm³/mol. The standard InChI is InChI=1S/C11H14O2.C11H22O.C5H6N2S/c1-2-6-11(12)13-9-10-7-4-3-5-8-10;1-5-7-9-8-11(3,4)12-10(9)6-2;1-4-2-6-3-5(8)7-4/h3-5,7-8H,2,6,9H2,1H3;9-10H,5-8H2,1-4H3;2-3H,1H3,(H,7,8). The number of hydrogen-bond acceptors (Lipinski definition) is 5. The highest BCUT2D eigenvalue weighted by atomic mass is 32.1. The highest BCUT2D eigenvalue weighted by molar-refractivity contribution is 7.71. The average molecular weight is 475 g/mol. The molecular formula is C27H42N2O3S. The van der Waals surface area contributed by atoms with Gasteiger partial charge < -0.3 is 14.5 Å². The maximum Gasteiger partial charge on any atom is 0.306 e. The van der Waals surface area contributed by atoms with Crippen molar-refractivity contribution >= 4 is 18.2 Å². The molecule has 0 spiro atoms. The van der Waals surface area contributed by atoms with Gasteiger partial charge in [0.1, 0.15) is 11.2 Å². The zero-order valence-electron chi connectivity index (χ0n) is 21.2. The Labute approximate surface area is 205 Å². The Balaban J connectivity index is 0.000000254. The molecule has 3 rings (SSSR count). The van der Waals surface area contributed by atoms with Crippen molar-refractivity contribution in [3.05, 3.63) is 58.6 Å². The lowest BCUT2D eigenvalue weighted by atomic mass is 9.90. The van der Waals surface area contributed by atoms with Crippen LogP contribution in [0.4, 0.5) is 0 Å². The summed E-state index contributed by atoms with van der Waals surface area (Å²) in [4.78, 5) is 17.8. The van der Waals surface area contributed by atoms with Crippen molar-refractivity contribution in [3.63, 3.8) is 0 Å². The van der Waals surface area contributed by atoms with Crippen molar-refractivity contribution < 1.29 is 14.3 Å². The molecule has 0 amide bonds. The monoisotopic (exact) mass is 474 g/mol. The third kappa shape index (κ3) is 12.7. The highest BCUT2D eigenvalue weighted by Crippen LogP contribution is 2.38. The van der Waals surface area contributed by atoms with Crippen LogP contribution in [0, 0.1) is 17.5 Å². The number of aromatic amines is 1. The quantitative estimate of drug-likeness (QED) is 0.335. The maximum absolute atomic E-state index is 11.0. The fourth-order valence-corrected chi connectivity index (χ4v) is 4.10. The molecule has 0 bridgehead atoms. The van der Waals surface area contributed by atoms with Crippen LogP contribution in [0.2, 0.25) is 0 Å². The number of aryl methyl sites for hydroxylation is 1. The van der Waals surface area contributed by atoms with Crippen molar-refractivity contribution in [1.29, 1.82) is 0 Å². The summed E-state index contributed by atoms with van der Waals surface area (Å²) < 4.78 is 11.7. The third-order valence-electron chi connectivity index (χ3n) is 5.29. The minimum atomic E-state index is -0.119. The van der Waals surface area contributed by atoms with Gasteiger partial charge in [0.25, 0.3) is 0 Å². The van der Waals surface area contributed by atoms with Gasteiger partial charge in [-0.05, 0) is 57.9 Å². The molecule has 6 heteroatoms. The predicted octanol–water partition coefficient (Wildman–Crippen LogP) is 7.36. The van der Waals surface area contributed by atoms with Crippen LogP contribution in [0.25, 0.3) is 0 Å². The highest BCUT2D eigenvalue weighted by Gasteiger charge is 2.38. The van der Waals surface area contributed by atoms with Gasteiger partial charge in [-0.1, -0.05) is 69.7 Å². The Morgan fingerprint density at radius 3 is 2.39 bits per heavy atom. The number of carbonyl (C=O) groups is 1. The van der Waals surface area contributed by atoms with Crippen LogP contribution in [-0.2, 0) is 20.9 Å². The van der Waals surface area contributed by atoms with Crippen LogP contribution >= 0.6 is 12.2 Å². The van der Waals surface area contributed by atoms with Gasteiger partial charge >= 0.3 is 5.97 Å². The van der Waals surface area contributed by atoms with Crippen LogP contribution in [0.3, 0.4) is 0 Å². The molecule has 1 aliphatic heterocycles. The molecule has 0 radical (unpaired) electrons. The number of nitrogens with one attached hydrogen (secondary N) is 1. The summed E-state index contributed by atoms with van der Waals surface area (Å²) >= 11 is 4.78. The Kier molecular flexibility index (Phi) is 13.8. The number of ether oxygens (including phenoxy) is 2. The number of carbonyl (C=O) groups excluding carboxylic acids is 1. The molecule has 0 aliphatic carbocycles. The molecular weight excluding hydrogens is 432 g/mol. The van der Waals surface area contributed by atoms with E-state index in [0.29, 0.717) is 23.8 Å². The van der Waals surface area contributed by atoms with Gasteiger partial charge in [0, 0.05) is 18.3 Å². The molecule has 0 saturated carbocycles. The number of benzene rings is 1. The van der Waals surface area contributed by atoms with E-state index < -0.39 is 0 Å². The van der Waals surface area contributed by atoms with Crippen molar-refractivity contribution in [1.82, 2.24) is 9.97 Å². The molecule has 1 fully saturated rings. The van der Waals surface area contributed by atoms with Crippen LogP contribution in [-0.4, -0.2) is 27.6 Å². The molecule has 2 heterocycles. The van der Waals surface area contributed by atoms with Crippen molar-refractivity contribution in [2.75, 3.05) is 0 Å². The molecule has 1 aliphatic rings. The number of hydrogen-bond donors (Lipinski definition) is 1. The molecule has 1 aromatic heterocycles. The van der Waals surface area contributed by atoms with E-state index in [0.717, 1.165) is 23.6 Å². The maximum atomic E-state index is 11.0. The zero-order chi connectivity index (χ0) is 24.7. The zero-order valence-corrected chi connectivity index (χ0v) is 22.0. The third-order valence-corrected chi connectivity index (χ3v) is 5.50. The number of H-pyrrole nitrogens is 1. The Morgan fingerprint density at radius 1 is 1.18 bits per heavy atom. The molecule has 5 nitrogen and oxygen atoms in total. The summed E-state index contributed by atoms with van der Waals surface area (Å²) in [5.74, 6) is 0.696. The van der Waals surface area contributed by atoms with Gasteiger partial charge in [-0.3, -0.25) is 9.78 Å². The van der Waals surface area contributed by atoms with Gasteiger partial charge in [0.15, 0.2) is 0 Å². The minimum absolute atomic E-state index is 0.119. The Hall–Kier alpha value is -2.05. The second kappa shape index (κ2) is 15.7. The Morgan fingerprint density at radius 2 is 1.88 bits per heavy atom. The largest absolute Gasteiger partial charge is 0.461 e. The topological polar surface area (TPSA) is 64.2 Å². The lowest BCUT2D eigenvalue weighted by molar-refractivity contribution is -0.144. The van der Waals surface area contributed by atoms with E-state index in [1.54, 1.807) is 12.4 Å². The SMILES string of the molecule is CCCC(=O)OCc1ccccc1.CCCC1CC(C)(C)OC1CC.Cc1cncc(=S)[nH]1. The number of aromatic nitrogens is 2. The summed E-state index contributed by atoms with van der Waals surface area (Å²) in [6.45, 7) is 13.2. The normalized spacial score (nSPS) is 18.4. The van der Waals surface area contributed by atoms with Crippen molar-refractivity contribution in [2.24, 2.45) is 5.92 Å².